The van der Waals surface area contributed by atoms with Gasteiger partial charge in [0.25, 0.3) is 0 Å². The summed E-state index contributed by atoms with van der Waals surface area (Å²) in [7, 11) is 0. The maximum absolute atomic E-state index is 6.44. The molecule has 2 rings (SSSR count). The van der Waals surface area contributed by atoms with E-state index < -0.39 is 0 Å². The fourth-order valence-electron chi connectivity index (χ4n) is 3.18. The van der Waals surface area contributed by atoms with E-state index in [1.54, 1.807) is 6.20 Å². The van der Waals surface area contributed by atoms with Gasteiger partial charge in [0.2, 0.25) is 0 Å². The highest BCUT2D eigenvalue weighted by Crippen LogP contribution is 2.29. The topological polar surface area (TPSA) is 51.4 Å². The summed E-state index contributed by atoms with van der Waals surface area (Å²) in [6.45, 7) is 10.3. The summed E-state index contributed by atoms with van der Waals surface area (Å²) >= 11 is 6.10. The minimum absolute atomic E-state index is 0.107. The van der Waals surface area contributed by atoms with Crippen molar-refractivity contribution in [1.29, 1.82) is 0 Å². The number of nitrogens with zero attached hydrogens (tertiary/aromatic N) is 2. The van der Waals surface area contributed by atoms with Crippen LogP contribution in [-0.4, -0.2) is 42.2 Å². The molecule has 1 heterocycles. The quantitative estimate of drug-likeness (QED) is 0.684. The van der Waals surface area contributed by atoms with Crippen LogP contribution >= 0.6 is 11.6 Å². The number of aromatic nitrogens is 1. The van der Waals surface area contributed by atoms with Crippen molar-refractivity contribution < 1.29 is 4.74 Å². The van der Waals surface area contributed by atoms with Gasteiger partial charge in [-0.05, 0) is 58.0 Å². The minimum Gasteiger partial charge on any atom is -0.492 e. The fraction of sp³-hybridized carbons (Fsp3) is 0.550. The van der Waals surface area contributed by atoms with Gasteiger partial charge in [-0.25, -0.2) is 0 Å². The van der Waals surface area contributed by atoms with Crippen molar-refractivity contribution in [1.82, 2.24) is 9.88 Å². The van der Waals surface area contributed by atoms with Crippen LogP contribution in [0, 0.1) is 0 Å². The summed E-state index contributed by atoms with van der Waals surface area (Å²) in [4.78, 5) is 6.91. The van der Waals surface area contributed by atoms with Gasteiger partial charge in [0.15, 0.2) is 0 Å². The normalized spacial score (nSPS) is 12.7. The number of fused-ring (bicyclic) bond motifs is 1. The van der Waals surface area contributed by atoms with Gasteiger partial charge < -0.3 is 15.4 Å². The molecule has 0 bridgehead atoms. The largest absolute Gasteiger partial charge is 0.492 e. The van der Waals surface area contributed by atoms with E-state index >= 15 is 0 Å². The summed E-state index contributed by atoms with van der Waals surface area (Å²) in [6, 6.07) is 5.92. The lowest BCUT2D eigenvalue weighted by Gasteiger charge is -2.20. The number of rotatable bonds is 10. The number of benzene rings is 1. The van der Waals surface area contributed by atoms with Crippen LogP contribution in [0.5, 0.6) is 5.75 Å². The zero-order chi connectivity index (χ0) is 18.2. The van der Waals surface area contributed by atoms with Gasteiger partial charge in [-0.1, -0.05) is 31.5 Å². The van der Waals surface area contributed by atoms with E-state index in [1.807, 2.05) is 25.1 Å². The first-order chi connectivity index (χ1) is 12.1. The Bertz CT molecular complexity index is 673. The van der Waals surface area contributed by atoms with Crippen molar-refractivity contribution in [3.05, 3.63) is 35.0 Å². The molecule has 1 aromatic carbocycles. The van der Waals surface area contributed by atoms with Gasteiger partial charge >= 0.3 is 0 Å². The summed E-state index contributed by atoms with van der Waals surface area (Å²) < 4.78 is 5.79. The Morgan fingerprint density at radius 2 is 2.00 bits per heavy atom. The number of hydrogen-bond donors (Lipinski definition) is 1. The Hall–Kier alpha value is -1.36. The second-order valence-electron chi connectivity index (χ2n) is 6.33. The predicted molar refractivity (Wildman–Crippen MR) is 107 cm³/mol. The Morgan fingerprint density at radius 3 is 2.68 bits per heavy atom. The molecule has 138 valence electrons. The molecule has 0 aliphatic heterocycles. The van der Waals surface area contributed by atoms with E-state index in [1.165, 1.54) is 0 Å². The molecule has 4 nitrogen and oxygen atoms in total. The van der Waals surface area contributed by atoms with Crippen molar-refractivity contribution in [2.24, 2.45) is 5.73 Å². The van der Waals surface area contributed by atoms with Crippen LogP contribution in [-0.2, 0) is 6.42 Å². The second kappa shape index (κ2) is 9.95. The Balaban J connectivity index is 2.13. The highest BCUT2D eigenvalue weighted by atomic mass is 35.5. The van der Waals surface area contributed by atoms with Crippen molar-refractivity contribution >= 4 is 22.5 Å². The molecule has 0 amide bonds. The number of nitrogens with two attached hydrogens (primary N) is 1. The molecule has 5 heteroatoms. The summed E-state index contributed by atoms with van der Waals surface area (Å²) in [5.41, 5.74) is 8.47. The first-order valence-corrected chi connectivity index (χ1v) is 9.64. The lowest BCUT2D eigenvalue weighted by atomic mass is 9.98. The standard InChI is InChI=1S/C20H30ClN3O/c1-4-24(5-2)11-7-8-16(22)13-18-17-10-9-15(21)12-19(17)23-14-20(18)25-6-3/h9-10,12,14,16H,4-8,11,13,22H2,1-3H3. The summed E-state index contributed by atoms with van der Waals surface area (Å²) in [5, 5.41) is 1.77. The predicted octanol–water partition coefficient (Wildman–Crippen LogP) is 4.28. The average molecular weight is 364 g/mol. The van der Waals surface area contributed by atoms with Crippen LogP contribution < -0.4 is 10.5 Å². The molecule has 0 aliphatic rings. The summed E-state index contributed by atoms with van der Waals surface area (Å²) in [6.07, 6.45) is 4.69. The third kappa shape index (κ3) is 5.56. The maximum Gasteiger partial charge on any atom is 0.141 e. The zero-order valence-electron chi connectivity index (χ0n) is 15.6. The Morgan fingerprint density at radius 1 is 1.24 bits per heavy atom. The maximum atomic E-state index is 6.44. The van der Waals surface area contributed by atoms with Crippen molar-refractivity contribution in [3.63, 3.8) is 0 Å². The van der Waals surface area contributed by atoms with Crippen molar-refractivity contribution in [2.45, 2.75) is 46.1 Å². The van der Waals surface area contributed by atoms with Gasteiger partial charge in [0.1, 0.15) is 5.75 Å². The number of pyridine rings is 1. The summed E-state index contributed by atoms with van der Waals surface area (Å²) in [5.74, 6) is 0.830. The van der Waals surface area contributed by atoms with Crippen LogP contribution in [0.4, 0.5) is 0 Å². The van der Waals surface area contributed by atoms with Gasteiger partial charge in [-0.2, -0.15) is 0 Å². The van der Waals surface area contributed by atoms with Gasteiger partial charge in [-0.15, -0.1) is 0 Å². The SMILES string of the molecule is CCOc1cnc2cc(Cl)ccc2c1CC(N)CCCN(CC)CC. The van der Waals surface area contributed by atoms with Crippen LogP contribution in [0.2, 0.25) is 5.02 Å². The zero-order valence-corrected chi connectivity index (χ0v) is 16.4. The van der Waals surface area contributed by atoms with E-state index in [0.29, 0.717) is 11.6 Å². The molecule has 2 aromatic rings. The molecule has 2 N–H and O–H groups in total. The van der Waals surface area contributed by atoms with E-state index in [2.05, 4.69) is 23.7 Å². The van der Waals surface area contributed by atoms with Gasteiger partial charge in [-0.3, -0.25) is 4.98 Å². The van der Waals surface area contributed by atoms with Crippen LogP contribution in [0.15, 0.2) is 24.4 Å². The minimum atomic E-state index is 0.107. The van der Waals surface area contributed by atoms with E-state index in [9.17, 15) is 0 Å². The highest BCUT2D eigenvalue weighted by molar-refractivity contribution is 6.31. The highest BCUT2D eigenvalue weighted by Gasteiger charge is 2.14. The van der Waals surface area contributed by atoms with E-state index in [-0.39, 0.29) is 6.04 Å². The molecule has 0 fully saturated rings. The molecule has 1 atom stereocenters. The monoisotopic (exact) mass is 363 g/mol. The molecule has 25 heavy (non-hydrogen) atoms. The molecule has 1 unspecified atom stereocenters. The number of ether oxygens (including phenoxy) is 1. The lowest BCUT2D eigenvalue weighted by molar-refractivity contribution is 0.292. The Labute approximate surface area is 156 Å². The fourth-order valence-corrected chi connectivity index (χ4v) is 3.34. The first-order valence-electron chi connectivity index (χ1n) is 9.26. The van der Waals surface area contributed by atoms with Crippen LogP contribution in [0.1, 0.15) is 39.2 Å². The van der Waals surface area contributed by atoms with Crippen LogP contribution in [0.3, 0.4) is 0 Å². The molecule has 0 saturated heterocycles. The molecule has 0 radical (unpaired) electrons. The molecule has 0 spiro atoms. The number of halogens is 1. The molecule has 1 aromatic heterocycles. The van der Waals surface area contributed by atoms with Crippen molar-refractivity contribution in [3.8, 4) is 5.75 Å². The smallest absolute Gasteiger partial charge is 0.141 e. The lowest BCUT2D eigenvalue weighted by Crippen LogP contribution is -2.28. The van der Waals surface area contributed by atoms with Crippen LogP contribution in [0.25, 0.3) is 10.9 Å². The average Bonchev–Trinajstić information content (AvgIpc) is 2.60. The third-order valence-electron chi connectivity index (χ3n) is 4.61. The van der Waals surface area contributed by atoms with Gasteiger partial charge in [0.05, 0.1) is 18.3 Å². The van der Waals surface area contributed by atoms with E-state index in [4.69, 9.17) is 22.1 Å². The molecular formula is C20H30ClN3O. The Kier molecular flexibility index (Phi) is 7.94. The number of hydrogen-bond acceptors (Lipinski definition) is 4. The second-order valence-corrected chi connectivity index (χ2v) is 6.77. The molecular weight excluding hydrogens is 334 g/mol. The molecule has 0 aliphatic carbocycles. The van der Waals surface area contributed by atoms with Crippen molar-refractivity contribution in [2.75, 3.05) is 26.2 Å². The molecule has 0 saturated carbocycles. The first kappa shape index (κ1) is 20.0. The third-order valence-corrected chi connectivity index (χ3v) is 4.85. The van der Waals surface area contributed by atoms with Gasteiger partial charge in [0, 0.05) is 22.0 Å². The van der Waals surface area contributed by atoms with E-state index in [0.717, 1.165) is 61.1 Å².